The molecular weight excluding hydrogens is 220 g/mol. The zero-order valence-corrected chi connectivity index (χ0v) is 9.34. The normalized spacial score (nSPS) is 10.2. The lowest BCUT2D eigenvalue weighted by atomic mass is 10.1. The van der Waals surface area contributed by atoms with Crippen LogP contribution in [0.15, 0.2) is 34.9 Å². The molecular formula is C12H12N2O3. The van der Waals surface area contributed by atoms with Crippen LogP contribution in [0.4, 0.5) is 0 Å². The van der Waals surface area contributed by atoms with Crippen molar-refractivity contribution in [3.8, 4) is 17.2 Å². The third-order valence-corrected chi connectivity index (χ3v) is 2.23. The van der Waals surface area contributed by atoms with Gasteiger partial charge in [0.25, 0.3) is 5.91 Å². The van der Waals surface area contributed by atoms with E-state index in [0.29, 0.717) is 12.3 Å². The van der Waals surface area contributed by atoms with Crippen LogP contribution < -0.4 is 10.5 Å². The van der Waals surface area contributed by atoms with Crippen molar-refractivity contribution in [3.63, 3.8) is 0 Å². The highest BCUT2D eigenvalue weighted by atomic mass is 16.6. The van der Waals surface area contributed by atoms with Gasteiger partial charge < -0.3 is 15.0 Å². The molecule has 0 fully saturated rings. The molecule has 0 saturated heterocycles. The Kier molecular flexibility index (Phi) is 3.09. The standard InChI is InChI=1S/C12H12N2O3/c1-2-16-12-9(11(13)15)10(14-17-12)8-6-4-3-5-7-8/h3-7H,2H2,1H3,(H2,13,15). The number of carbonyl (C=O) groups excluding carboxylic acids is 1. The summed E-state index contributed by atoms with van der Waals surface area (Å²) in [5, 5.41) is 3.83. The number of rotatable bonds is 4. The van der Waals surface area contributed by atoms with Gasteiger partial charge in [-0.15, -0.1) is 0 Å². The molecule has 0 unspecified atom stereocenters. The minimum absolute atomic E-state index is 0.0684. The van der Waals surface area contributed by atoms with Crippen LogP contribution in [0.3, 0.4) is 0 Å². The van der Waals surface area contributed by atoms with Crippen molar-refractivity contribution in [3.05, 3.63) is 35.9 Å². The molecule has 1 amide bonds. The van der Waals surface area contributed by atoms with E-state index >= 15 is 0 Å². The fourth-order valence-corrected chi connectivity index (χ4v) is 1.52. The van der Waals surface area contributed by atoms with Gasteiger partial charge in [0.05, 0.1) is 6.61 Å². The van der Waals surface area contributed by atoms with Crippen LogP contribution >= 0.6 is 0 Å². The van der Waals surface area contributed by atoms with Crippen LogP contribution in [0.2, 0.25) is 0 Å². The van der Waals surface area contributed by atoms with Crippen LogP contribution in [-0.2, 0) is 0 Å². The molecule has 2 N–H and O–H groups in total. The molecule has 2 aromatic rings. The lowest BCUT2D eigenvalue weighted by Gasteiger charge is -2.00. The number of aromatic nitrogens is 1. The summed E-state index contributed by atoms with van der Waals surface area (Å²) in [5.41, 5.74) is 6.65. The van der Waals surface area contributed by atoms with Gasteiger partial charge in [0.1, 0.15) is 5.69 Å². The molecule has 0 radical (unpaired) electrons. The van der Waals surface area contributed by atoms with Gasteiger partial charge in [-0.1, -0.05) is 35.5 Å². The minimum atomic E-state index is -0.617. The van der Waals surface area contributed by atoms with Crippen molar-refractivity contribution in [2.24, 2.45) is 5.73 Å². The Morgan fingerprint density at radius 3 is 2.71 bits per heavy atom. The molecule has 0 spiro atoms. The maximum atomic E-state index is 11.4. The van der Waals surface area contributed by atoms with Gasteiger partial charge in [0, 0.05) is 5.56 Å². The van der Waals surface area contributed by atoms with Gasteiger partial charge in [-0.3, -0.25) is 4.79 Å². The van der Waals surface area contributed by atoms with E-state index in [0.717, 1.165) is 5.56 Å². The topological polar surface area (TPSA) is 78.3 Å². The molecule has 0 aliphatic carbocycles. The summed E-state index contributed by atoms with van der Waals surface area (Å²) in [6, 6.07) is 9.20. The number of hydrogen-bond acceptors (Lipinski definition) is 4. The van der Waals surface area contributed by atoms with Crippen LogP contribution in [0.25, 0.3) is 11.3 Å². The van der Waals surface area contributed by atoms with E-state index in [4.69, 9.17) is 15.0 Å². The second-order valence-corrected chi connectivity index (χ2v) is 3.36. The Morgan fingerprint density at radius 2 is 2.12 bits per heavy atom. The molecule has 0 saturated carbocycles. The molecule has 5 nitrogen and oxygen atoms in total. The molecule has 1 heterocycles. The fourth-order valence-electron chi connectivity index (χ4n) is 1.52. The van der Waals surface area contributed by atoms with Crippen LogP contribution in [0.1, 0.15) is 17.3 Å². The van der Waals surface area contributed by atoms with Crippen molar-refractivity contribution in [2.75, 3.05) is 6.61 Å². The average Bonchev–Trinajstić information content (AvgIpc) is 2.74. The Morgan fingerprint density at radius 1 is 1.41 bits per heavy atom. The third-order valence-electron chi connectivity index (χ3n) is 2.23. The molecule has 2 rings (SSSR count). The highest BCUT2D eigenvalue weighted by molar-refractivity contribution is 6.00. The maximum Gasteiger partial charge on any atom is 0.324 e. The monoisotopic (exact) mass is 232 g/mol. The molecule has 0 bridgehead atoms. The summed E-state index contributed by atoms with van der Waals surface area (Å²) < 4.78 is 10.1. The molecule has 0 atom stereocenters. The lowest BCUT2D eigenvalue weighted by molar-refractivity contribution is 0.0993. The number of nitrogens with zero attached hydrogens (tertiary/aromatic N) is 1. The van der Waals surface area contributed by atoms with Crippen molar-refractivity contribution in [2.45, 2.75) is 6.92 Å². The molecule has 5 heteroatoms. The first-order chi connectivity index (χ1) is 8.24. The van der Waals surface area contributed by atoms with Gasteiger partial charge in [0.15, 0.2) is 5.56 Å². The van der Waals surface area contributed by atoms with E-state index in [-0.39, 0.29) is 11.5 Å². The number of amides is 1. The summed E-state index contributed by atoms with van der Waals surface area (Å²) >= 11 is 0. The first-order valence-corrected chi connectivity index (χ1v) is 5.21. The molecule has 17 heavy (non-hydrogen) atoms. The summed E-state index contributed by atoms with van der Waals surface area (Å²) in [6.45, 7) is 2.17. The summed E-state index contributed by atoms with van der Waals surface area (Å²) in [4.78, 5) is 11.4. The number of ether oxygens (including phenoxy) is 1. The first kappa shape index (κ1) is 11.2. The van der Waals surface area contributed by atoms with E-state index in [2.05, 4.69) is 5.16 Å². The smallest absolute Gasteiger partial charge is 0.324 e. The molecule has 0 aliphatic heterocycles. The van der Waals surface area contributed by atoms with Gasteiger partial charge in [-0.25, -0.2) is 0 Å². The lowest BCUT2D eigenvalue weighted by Crippen LogP contribution is -2.13. The van der Waals surface area contributed by atoms with Crippen molar-refractivity contribution >= 4 is 5.91 Å². The van der Waals surface area contributed by atoms with Crippen molar-refractivity contribution in [1.82, 2.24) is 5.16 Å². The average molecular weight is 232 g/mol. The summed E-state index contributed by atoms with van der Waals surface area (Å²) in [7, 11) is 0. The third kappa shape index (κ3) is 2.13. The number of carbonyl (C=O) groups is 1. The number of benzene rings is 1. The second kappa shape index (κ2) is 4.69. The minimum Gasteiger partial charge on any atom is -0.463 e. The summed E-state index contributed by atoms with van der Waals surface area (Å²) in [5.74, 6) is -0.549. The molecule has 0 aliphatic rings. The SMILES string of the molecule is CCOc1onc(-c2ccccc2)c1C(N)=O. The Balaban J connectivity index is 2.52. The number of nitrogens with two attached hydrogens (primary N) is 1. The largest absolute Gasteiger partial charge is 0.463 e. The Bertz CT molecular complexity index is 520. The van der Waals surface area contributed by atoms with E-state index in [9.17, 15) is 4.79 Å². The maximum absolute atomic E-state index is 11.4. The summed E-state index contributed by atoms with van der Waals surface area (Å²) in [6.07, 6.45) is 0. The Labute approximate surface area is 98.2 Å². The van der Waals surface area contributed by atoms with Gasteiger partial charge in [-0.05, 0) is 6.92 Å². The predicted molar refractivity (Wildman–Crippen MR) is 61.6 cm³/mol. The Hall–Kier alpha value is -2.30. The van der Waals surface area contributed by atoms with Crippen molar-refractivity contribution < 1.29 is 14.1 Å². The van der Waals surface area contributed by atoms with E-state index < -0.39 is 5.91 Å². The van der Waals surface area contributed by atoms with E-state index in [1.54, 1.807) is 6.92 Å². The molecule has 1 aromatic carbocycles. The van der Waals surface area contributed by atoms with E-state index in [1.165, 1.54) is 0 Å². The second-order valence-electron chi connectivity index (χ2n) is 3.36. The highest BCUT2D eigenvalue weighted by Gasteiger charge is 2.23. The zero-order valence-electron chi connectivity index (χ0n) is 9.34. The van der Waals surface area contributed by atoms with Crippen LogP contribution in [-0.4, -0.2) is 17.7 Å². The first-order valence-electron chi connectivity index (χ1n) is 5.21. The van der Waals surface area contributed by atoms with Crippen LogP contribution in [0.5, 0.6) is 5.95 Å². The van der Waals surface area contributed by atoms with Gasteiger partial charge >= 0.3 is 5.95 Å². The molecule has 88 valence electrons. The predicted octanol–water partition coefficient (Wildman–Crippen LogP) is 1.84. The van der Waals surface area contributed by atoms with E-state index in [1.807, 2.05) is 30.3 Å². The quantitative estimate of drug-likeness (QED) is 0.872. The highest BCUT2D eigenvalue weighted by Crippen LogP contribution is 2.29. The fraction of sp³-hybridized carbons (Fsp3) is 0.167. The zero-order chi connectivity index (χ0) is 12.3. The van der Waals surface area contributed by atoms with Crippen molar-refractivity contribution in [1.29, 1.82) is 0 Å². The number of hydrogen-bond donors (Lipinski definition) is 1. The van der Waals surface area contributed by atoms with Gasteiger partial charge in [0.2, 0.25) is 0 Å². The van der Waals surface area contributed by atoms with Crippen LogP contribution in [0, 0.1) is 0 Å². The number of primary amides is 1. The molecule has 1 aromatic heterocycles. The van der Waals surface area contributed by atoms with Gasteiger partial charge in [-0.2, -0.15) is 0 Å².